The Balaban J connectivity index is 1.37. The molecule has 13 nitrogen and oxygen atoms in total. The summed E-state index contributed by atoms with van der Waals surface area (Å²) in [6.07, 6.45) is 4.48. The normalized spacial score (nSPS) is 19.7. The van der Waals surface area contributed by atoms with Crippen LogP contribution in [-0.2, 0) is 0 Å². The fourth-order valence-corrected chi connectivity index (χ4v) is 4.40. The zero-order valence-corrected chi connectivity index (χ0v) is 22.1. The monoisotopic (exact) mass is 549 g/mol. The van der Waals surface area contributed by atoms with Gasteiger partial charge in [-0.3, -0.25) is 5.32 Å². The highest BCUT2D eigenvalue weighted by atomic mass is 19.3. The van der Waals surface area contributed by atoms with Crippen LogP contribution in [0, 0.1) is 0 Å². The molecule has 0 spiro atoms. The molecule has 0 aliphatic carbocycles. The van der Waals surface area contributed by atoms with E-state index in [9.17, 15) is 18.4 Å². The number of piperidine rings is 2. The summed E-state index contributed by atoms with van der Waals surface area (Å²) in [6, 6.07) is -0.827. The van der Waals surface area contributed by atoms with Crippen LogP contribution < -0.4 is 25.0 Å². The van der Waals surface area contributed by atoms with E-state index in [1.807, 2.05) is 7.05 Å². The maximum atomic E-state index is 14.9. The molecule has 212 valence electrons. The maximum Gasteiger partial charge on any atom is 0.414 e. The minimum Gasteiger partial charge on any atom is -0.477 e. The second-order valence-electron chi connectivity index (χ2n) is 9.49. The molecule has 0 radical (unpaired) electrons. The predicted molar refractivity (Wildman–Crippen MR) is 137 cm³/mol. The predicted octanol–water partition coefficient (Wildman–Crippen LogP) is 2.23. The van der Waals surface area contributed by atoms with Crippen LogP contribution in [0.4, 0.5) is 30.1 Å². The SMILES string of the molecule is CCOc1cnc(NC(=O)N(C)[C@H]2CN(c3nccc(OC(=O)NC4CCN(C)CC4)n3)CCC2(F)F)cn1. The molecule has 2 saturated heterocycles. The Labute approximate surface area is 224 Å². The van der Waals surface area contributed by atoms with Gasteiger partial charge in [-0.05, 0) is 39.9 Å². The number of likely N-dealkylation sites (N-methyl/N-ethyl adjacent to an activating group) is 1. The van der Waals surface area contributed by atoms with Gasteiger partial charge in [-0.25, -0.2) is 33.3 Å². The molecule has 2 aliphatic heterocycles. The number of urea groups is 1. The third-order valence-electron chi connectivity index (χ3n) is 6.68. The van der Waals surface area contributed by atoms with Gasteiger partial charge in [0.25, 0.3) is 5.92 Å². The first kappa shape index (κ1) is 28.1. The Hall–Kier alpha value is -3.88. The molecule has 4 rings (SSSR count). The molecule has 2 N–H and O–H groups in total. The largest absolute Gasteiger partial charge is 0.477 e. The van der Waals surface area contributed by atoms with Crippen molar-refractivity contribution in [2.75, 3.05) is 57.1 Å². The summed E-state index contributed by atoms with van der Waals surface area (Å²) in [6.45, 7) is 3.67. The third-order valence-corrected chi connectivity index (χ3v) is 6.68. The van der Waals surface area contributed by atoms with Crippen molar-refractivity contribution in [1.29, 1.82) is 0 Å². The van der Waals surface area contributed by atoms with E-state index in [-0.39, 0.29) is 42.7 Å². The van der Waals surface area contributed by atoms with E-state index in [1.165, 1.54) is 36.6 Å². The number of nitrogens with one attached hydrogen (secondary N) is 2. The molecule has 2 aliphatic rings. The van der Waals surface area contributed by atoms with E-state index in [0.717, 1.165) is 30.8 Å². The highest BCUT2D eigenvalue weighted by Crippen LogP contribution is 2.33. The number of aromatic nitrogens is 4. The number of carbonyl (C=O) groups is 2. The van der Waals surface area contributed by atoms with Crippen molar-refractivity contribution in [1.82, 2.24) is 35.1 Å². The van der Waals surface area contributed by atoms with Crippen LogP contribution in [0.2, 0.25) is 0 Å². The molecular weight excluding hydrogens is 516 g/mol. The van der Waals surface area contributed by atoms with Gasteiger partial charge in [-0.2, -0.15) is 4.98 Å². The molecule has 1 atom stereocenters. The van der Waals surface area contributed by atoms with Gasteiger partial charge in [0.1, 0.15) is 6.04 Å². The lowest BCUT2D eigenvalue weighted by atomic mass is 10.00. The first-order valence-electron chi connectivity index (χ1n) is 12.8. The van der Waals surface area contributed by atoms with Crippen LogP contribution >= 0.6 is 0 Å². The third kappa shape index (κ3) is 7.37. The summed E-state index contributed by atoms with van der Waals surface area (Å²) in [5.74, 6) is -2.66. The Morgan fingerprint density at radius 3 is 2.62 bits per heavy atom. The number of anilines is 2. The molecule has 0 aromatic carbocycles. The zero-order chi connectivity index (χ0) is 28.0. The van der Waals surface area contributed by atoms with Gasteiger partial charge in [-0.1, -0.05) is 0 Å². The van der Waals surface area contributed by atoms with Crippen LogP contribution in [0.5, 0.6) is 11.8 Å². The van der Waals surface area contributed by atoms with Crippen LogP contribution in [0.1, 0.15) is 26.2 Å². The molecule has 0 bridgehead atoms. The van der Waals surface area contributed by atoms with E-state index in [2.05, 4.69) is 35.5 Å². The molecule has 2 fully saturated rings. The van der Waals surface area contributed by atoms with Crippen molar-refractivity contribution in [2.24, 2.45) is 0 Å². The highest BCUT2D eigenvalue weighted by Gasteiger charge is 2.48. The number of carbonyl (C=O) groups excluding carboxylic acids is 2. The Bertz CT molecular complexity index is 1130. The molecule has 4 heterocycles. The fourth-order valence-electron chi connectivity index (χ4n) is 4.40. The topological polar surface area (TPSA) is 138 Å². The van der Waals surface area contributed by atoms with E-state index >= 15 is 0 Å². The summed E-state index contributed by atoms with van der Waals surface area (Å²) in [5, 5.41) is 5.31. The molecule has 2 aromatic heterocycles. The Kier molecular flexibility index (Phi) is 8.89. The number of ether oxygens (including phenoxy) is 2. The smallest absolute Gasteiger partial charge is 0.414 e. The lowest BCUT2D eigenvalue weighted by Gasteiger charge is -2.42. The van der Waals surface area contributed by atoms with Crippen LogP contribution in [0.3, 0.4) is 0 Å². The molecule has 0 unspecified atom stereocenters. The minimum atomic E-state index is -3.16. The zero-order valence-electron chi connectivity index (χ0n) is 22.1. The van der Waals surface area contributed by atoms with Gasteiger partial charge >= 0.3 is 12.1 Å². The number of amides is 3. The van der Waals surface area contributed by atoms with E-state index in [1.54, 1.807) is 6.92 Å². The van der Waals surface area contributed by atoms with Gasteiger partial charge in [0.15, 0.2) is 5.82 Å². The second-order valence-corrected chi connectivity index (χ2v) is 9.49. The number of rotatable bonds is 7. The second kappa shape index (κ2) is 12.3. The van der Waals surface area contributed by atoms with Gasteiger partial charge < -0.3 is 29.5 Å². The van der Waals surface area contributed by atoms with Gasteiger partial charge in [0.05, 0.1) is 19.0 Å². The van der Waals surface area contributed by atoms with Crippen molar-refractivity contribution < 1.29 is 27.8 Å². The Morgan fingerprint density at radius 1 is 1.15 bits per heavy atom. The molecule has 2 aromatic rings. The quantitative estimate of drug-likeness (QED) is 0.529. The van der Waals surface area contributed by atoms with Crippen LogP contribution in [0.25, 0.3) is 0 Å². The summed E-state index contributed by atoms with van der Waals surface area (Å²) in [5.41, 5.74) is 0. The van der Waals surface area contributed by atoms with E-state index < -0.39 is 30.5 Å². The number of likely N-dealkylation sites (tertiary alicyclic amines) is 1. The Morgan fingerprint density at radius 2 is 1.92 bits per heavy atom. The standard InChI is InChI=1S/C24H33F2N9O4/c1-4-38-20-14-28-18(13-29-20)31-22(36)34(3)17-15-35(12-8-24(17,25)26)21-27-9-5-19(32-21)39-23(37)30-16-6-10-33(2)11-7-16/h5,9,13-14,16-17H,4,6-8,10-12,15H2,1-3H3,(H,30,37)(H,28,31,36)/t17-/m0/s1. The van der Waals surface area contributed by atoms with Gasteiger partial charge in [-0.15, -0.1) is 0 Å². The highest BCUT2D eigenvalue weighted by molar-refractivity contribution is 5.88. The molecule has 0 saturated carbocycles. The number of hydrogen-bond donors (Lipinski definition) is 2. The van der Waals surface area contributed by atoms with Crippen molar-refractivity contribution >= 4 is 23.9 Å². The van der Waals surface area contributed by atoms with E-state index in [4.69, 9.17) is 9.47 Å². The van der Waals surface area contributed by atoms with Crippen molar-refractivity contribution in [3.8, 4) is 11.8 Å². The lowest BCUT2D eigenvalue weighted by molar-refractivity contribution is -0.0760. The average Bonchev–Trinajstić information content (AvgIpc) is 2.91. The fraction of sp³-hybridized carbons (Fsp3) is 0.583. The average molecular weight is 550 g/mol. The minimum absolute atomic E-state index is 0.000479. The number of halogens is 2. The molecule has 3 amide bonds. The number of hydrogen-bond acceptors (Lipinski definition) is 10. The number of nitrogens with zero attached hydrogens (tertiary/aromatic N) is 7. The first-order chi connectivity index (χ1) is 18.6. The maximum absolute atomic E-state index is 14.9. The first-order valence-corrected chi connectivity index (χ1v) is 12.8. The van der Waals surface area contributed by atoms with Gasteiger partial charge in [0, 0.05) is 44.9 Å². The van der Waals surface area contributed by atoms with Gasteiger partial charge in [0.2, 0.25) is 17.7 Å². The summed E-state index contributed by atoms with van der Waals surface area (Å²) < 4.78 is 40.4. The van der Waals surface area contributed by atoms with Crippen molar-refractivity contribution in [3.05, 3.63) is 24.7 Å². The number of alkyl halides is 2. The van der Waals surface area contributed by atoms with Crippen LogP contribution in [-0.4, -0.2) is 107 Å². The van der Waals surface area contributed by atoms with Crippen molar-refractivity contribution in [2.45, 2.75) is 44.2 Å². The summed E-state index contributed by atoms with van der Waals surface area (Å²) in [4.78, 5) is 46.2. The molecule has 39 heavy (non-hydrogen) atoms. The molecule has 15 heteroatoms. The van der Waals surface area contributed by atoms with Crippen LogP contribution in [0.15, 0.2) is 24.7 Å². The van der Waals surface area contributed by atoms with Crippen molar-refractivity contribution in [3.63, 3.8) is 0 Å². The lowest BCUT2D eigenvalue weighted by Crippen LogP contribution is -2.60. The van der Waals surface area contributed by atoms with E-state index in [0.29, 0.717) is 6.61 Å². The summed E-state index contributed by atoms with van der Waals surface area (Å²) in [7, 11) is 3.31. The summed E-state index contributed by atoms with van der Waals surface area (Å²) >= 11 is 0. The molecular formula is C24H33F2N9O4.